The minimum absolute atomic E-state index is 0.217. The molecular formula is C14H13Cl2NO. The van der Waals surface area contributed by atoms with E-state index in [2.05, 4.69) is 0 Å². The third-order valence-corrected chi connectivity index (χ3v) is 3.46. The van der Waals surface area contributed by atoms with Crippen LogP contribution in [0.25, 0.3) is 11.1 Å². The minimum atomic E-state index is 0.217. The Hall–Kier alpha value is -1.22. The molecule has 0 saturated heterocycles. The first-order valence-corrected chi connectivity index (χ1v) is 6.35. The van der Waals surface area contributed by atoms with Gasteiger partial charge in [-0.3, -0.25) is 0 Å². The molecule has 0 atom stereocenters. The van der Waals surface area contributed by atoms with E-state index in [1.54, 1.807) is 18.2 Å². The van der Waals surface area contributed by atoms with Crippen LogP contribution in [0, 0.1) is 0 Å². The van der Waals surface area contributed by atoms with Crippen molar-refractivity contribution in [2.45, 2.75) is 6.42 Å². The lowest BCUT2D eigenvalue weighted by Crippen LogP contribution is -2.02. The fourth-order valence-corrected chi connectivity index (χ4v) is 2.10. The molecule has 0 spiro atoms. The lowest BCUT2D eigenvalue weighted by molar-refractivity contribution is 0.477. The van der Waals surface area contributed by atoms with Gasteiger partial charge in [-0.15, -0.1) is 0 Å². The van der Waals surface area contributed by atoms with E-state index in [1.165, 1.54) is 0 Å². The minimum Gasteiger partial charge on any atom is -0.507 e. The van der Waals surface area contributed by atoms with Crippen molar-refractivity contribution in [3.63, 3.8) is 0 Å². The van der Waals surface area contributed by atoms with Gasteiger partial charge in [-0.1, -0.05) is 35.3 Å². The van der Waals surface area contributed by atoms with E-state index in [0.29, 0.717) is 16.6 Å². The smallest absolute Gasteiger partial charge is 0.123 e. The molecule has 0 unspecified atom stereocenters. The van der Waals surface area contributed by atoms with Crippen LogP contribution in [0.2, 0.25) is 10.0 Å². The normalized spacial score (nSPS) is 10.6. The van der Waals surface area contributed by atoms with E-state index in [0.717, 1.165) is 23.1 Å². The fourth-order valence-electron chi connectivity index (χ4n) is 1.80. The summed E-state index contributed by atoms with van der Waals surface area (Å²) >= 11 is 11.9. The number of hydrogen-bond donors (Lipinski definition) is 2. The summed E-state index contributed by atoms with van der Waals surface area (Å²) in [5.74, 6) is 0.217. The van der Waals surface area contributed by atoms with Crippen LogP contribution in [0.4, 0.5) is 0 Å². The molecule has 0 aromatic heterocycles. The van der Waals surface area contributed by atoms with Crippen molar-refractivity contribution in [2.75, 3.05) is 6.54 Å². The second kappa shape index (κ2) is 5.61. The van der Waals surface area contributed by atoms with Crippen LogP contribution in [0.15, 0.2) is 36.4 Å². The average Bonchev–Trinajstić information content (AvgIpc) is 2.35. The summed E-state index contributed by atoms with van der Waals surface area (Å²) in [6, 6.07) is 10.7. The lowest BCUT2D eigenvalue weighted by atomic mass is 10.0. The van der Waals surface area contributed by atoms with E-state index < -0.39 is 0 Å². The number of nitrogens with two attached hydrogens (primary N) is 1. The van der Waals surface area contributed by atoms with E-state index in [9.17, 15) is 5.11 Å². The molecule has 18 heavy (non-hydrogen) atoms. The number of benzene rings is 2. The van der Waals surface area contributed by atoms with E-state index in [1.807, 2.05) is 18.2 Å². The predicted octanol–water partition coefficient (Wildman–Crippen LogP) is 3.87. The van der Waals surface area contributed by atoms with Gasteiger partial charge >= 0.3 is 0 Å². The molecule has 0 aliphatic carbocycles. The number of halogens is 2. The summed E-state index contributed by atoms with van der Waals surface area (Å²) in [4.78, 5) is 0. The highest BCUT2D eigenvalue weighted by atomic mass is 35.5. The van der Waals surface area contributed by atoms with Crippen LogP contribution < -0.4 is 5.73 Å². The van der Waals surface area contributed by atoms with Crippen LogP contribution in [0.3, 0.4) is 0 Å². The summed E-state index contributed by atoms with van der Waals surface area (Å²) in [6.07, 6.45) is 0.772. The Balaban J connectivity index is 2.48. The molecule has 0 heterocycles. The lowest BCUT2D eigenvalue weighted by Gasteiger charge is -2.08. The van der Waals surface area contributed by atoms with E-state index >= 15 is 0 Å². The Morgan fingerprint density at radius 2 is 1.78 bits per heavy atom. The van der Waals surface area contributed by atoms with Crippen LogP contribution in [-0.4, -0.2) is 11.7 Å². The zero-order valence-corrected chi connectivity index (χ0v) is 11.2. The van der Waals surface area contributed by atoms with Crippen molar-refractivity contribution < 1.29 is 5.11 Å². The third-order valence-electron chi connectivity index (χ3n) is 2.72. The number of phenols is 1. The highest BCUT2D eigenvalue weighted by Gasteiger charge is 2.07. The van der Waals surface area contributed by atoms with Crippen LogP contribution in [0.5, 0.6) is 5.75 Å². The molecule has 4 heteroatoms. The summed E-state index contributed by atoms with van der Waals surface area (Å²) in [6.45, 7) is 0.575. The largest absolute Gasteiger partial charge is 0.507 e. The number of hydrogen-bond acceptors (Lipinski definition) is 2. The fraction of sp³-hybridized carbons (Fsp3) is 0.143. The monoisotopic (exact) mass is 281 g/mol. The van der Waals surface area contributed by atoms with Gasteiger partial charge in [0.05, 0.1) is 10.0 Å². The Bertz CT molecular complexity index is 570. The maximum atomic E-state index is 9.91. The van der Waals surface area contributed by atoms with Crippen molar-refractivity contribution >= 4 is 23.2 Å². The molecule has 2 rings (SSSR count). The maximum Gasteiger partial charge on any atom is 0.123 e. The Kier molecular flexibility index (Phi) is 4.12. The van der Waals surface area contributed by atoms with Crippen molar-refractivity contribution in [3.8, 4) is 16.9 Å². The second-order valence-electron chi connectivity index (χ2n) is 4.02. The number of rotatable bonds is 3. The van der Waals surface area contributed by atoms with Crippen molar-refractivity contribution in [3.05, 3.63) is 52.0 Å². The zero-order chi connectivity index (χ0) is 13.1. The predicted molar refractivity (Wildman–Crippen MR) is 76.3 cm³/mol. The molecule has 0 radical (unpaired) electrons. The van der Waals surface area contributed by atoms with Gasteiger partial charge in [0, 0.05) is 5.56 Å². The molecule has 94 valence electrons. The zero-order valence-electron chi connectivity index (χ0n) is 9.66. The molecule has 2 nitrogen and oxygen atoms in total. The van der Waals surface area contributed by atoms with E-state index in [4.69, 9.17) is 28.9 Å². The van der Waals surface area contributed by atoms with Crippen LogP contribution >= 0.6 is 23.2 Å². The summed E-state index contributed by atoms with van der Waals surface area (Å²) in [5.41, 5.74) is 8.18. The third kappa shape index (κ3) is 2.78. The first-order valence-electron chi connectivity index (χ1n) is 5.59. The molecule has 3 N–H and O–H groups in total. The van der Waals surface area contributed by atoms with Crippen molar-refractivity contribution in [1.29, 1.82) is 0 Å². The van der Waals surface area contributed by atoms with Crippen LogP contribution in [-0.2, 0) is 6.42 Å². The molecule has 0 bridgehead atoms. The summed E-state index contributed by atoms with van der Waals surface area (Å²) in [7, 11) is 0. The highest BCUT2D eigenvalue weighted by Crippen LogP contribution is 2.34. The van der Waals surface area contributed by atoms with Crippen molar-refractivity contribution in [2.24, 2.45) is 5.73 Å². The van der Waals surface area contributed by atoms with Crippen molar-refractivity contribution in [1.82, 2.24) is 0 Å². The van der Waals surface area contributed by atoms with Gasteiger partial charge in [0.25, 0.3) is 0 Å². The number of phenolic OH excluding ortho intramolecular Hbond substituents is 1. The first kappa shape index (κ1) is 13.2. The van der Waals surface area contributed by atoms with Gasteiger partial charge in [0.2, 0.25) is 0 Å². The standard InChI is InChI=1S/C14H13Cl2NO/c15-12-3-2-10(8-13(12)16)11-7-9(5-6-17)1-4-14(11)18/h1-4,7-8,18H,5-6,17H2. The molecular weight excluding hydrogens is 269 g/mol. The summed E-state index contributed by atoms with van der Waals surface area (Å²) < 4.78 is 0. The molecule has 2 aromatic carbocycles. The SMILES string of the molecule is NCCc1ccc(O)c(-c2ccc(Cl)c(Cl)c2)c1. The second-order valence-corrected chi connectivity index (χ2v) is 4.83. The van der Waals surface area contributed by atoms with Gasteiger partial charge in [-0.2, -0.15) is 0 Å². The first-order chi connectivity index (χ1) is 8.61. The average molecular weight is 282 g/mol. The Labute approximate surface area is 116 Å². The Morgan fingerprint density at radius 3 is 2.44 bits per heavy atom. The van der Waals surface area contributed by atoms with Gasteiger partial charge in [-0.25, -0.2) is 0 Å². The molecule has 2 aromatic rings. The quantitative estimate of drug-likeness (QED) is 0.897. The summed E-state index contributed by atoms with van der Waals surface area (Å²) in [5, 5.41) is 10.9. The highest BCUT2D eigenvalue weighted by molar-refractivity contribution is 6.42. The Morgan fingerprint density at radius 1 is 1.00 bits per heavy atom. The van der Waals surface area contributed by atoms with E-state index in [-0.39, 0.29) is 5.75 Å². The van der Waals surface area contributed by atoms with Gasteiger partial charge in [0.15, 0.2) is 0 Å². The van der Waals surface area contributed by atoms with Gasteiger partial charge < -0.3 is 10.8 Å². The van der Waals surface area contributed by atoms with Gasteiger partial charge in [0.1, 0.15) is 5.75 Å². The molecule has 0 aliphatic rings. The molecule has 0 fully saturated rings. The van der Waals surface area contributed by atoms with Gasteiger partial charge in [-0.05, 0) is 48.4 Å². The molecule has 0 saturated carbocycles. The topological polar surface area (TPSA) is 46.2 Å². The molecule has 0 aliphatic heterocycles. The number of aromatic hydroxyl groups is 1. The molecule has 0 amide bonds. The van der Waals surface area contributed by atoms with Crippen LogP contribution in [0.1, 0.15) is 5.56 Å². The maximum absolute atomic E-state index is 9.91.